The molecule has 17 nitrogen and oxygen atoms in total. The number of rotatable bonds is 12. The van der Waals surface area contributed by atoms with Crippen molar-refractivity contribution in [3.8, 4) is 11.5 Å². The molecule has 5 rings (SSSR count). The normalized spacial score (nSPS) is 37.3. The standard InChI is InChI=1S/C34H44O17/c1-16-30(50-23(38)11-6-17-2-7-19(35)8-3-17)31(51-33-27(42)24(39)21(37)14-46-33)29(44)34(48-16)47-15-22-25(40)26(41)28(43)32(49-22)45-13-12-18-4-9-20(36)10-5-18/h2-11,16,21-22,24-37,39-44H,12-15H2,1H3. The van der Waals surface area contributed by atoms with Gasteiger partial charge in [0.05, 0.1) is 25.9 Å². The number of phenols is 2. The Morgan fingerprint density at radius 1 is 0.745 bits per heavy atom. The van der Waals surface area contributed by atoms with Crippen molar-refractivity contribution < 1.29 is 83.9 Å². The third-order valence-corrected chi connectivity index (χ3v) is 8.76. The van der Waals surface area contributed by atoms with Crippen LogP contribution in [0.1, 0.15) is 18.1 Å². The highest BCUT2D eigenvalue weighted by Gasteiger charge is 2.51. The molecular formula is C34H44O17. The Balaban J connectivity index is 1.25. The number of aromatic hydroxyl groups is 2. The van der Waals surface area contributed by atoms with Crippen molar-refractivity contribution in [2.45, 2.75) is 99.4 Å². The maximum atomic E-state index is 12.9. The summed E-state index contributed by atoms with van der Waals surface area (Å²) in [5.74, 6) is -0.738. The Morgan fingerprint density at radius 3 is 2.06 bits per heavy atom. The van der Waals surface area contributed by atoms with E-state index in [4.69, 9.17) is 33.2 Å². The summed E-state index contributed by atoms with van der Waals surface area (Å²) in [7, 11) is 0. The second-order valence-electron chi connectivity index (χ2n) is 12.5. The molecule has 0 aliphatic carbocycles. The Labute approximate surface area is 292 Å². The number of esters is 1. The Morgan fingerprint density at radius 2 is 1.37 bits per heavy atom. The second-order valence-corrected chi connectivity index (χ2v) is 12.5. The van der Waals surface area contributed by atoms with Crippen molar-refractivity contribution >= 4 is 12.0 Å². The fourth-order valence-electron chi connectivity index (χ4n) is 5.76. The summed E-state index contributed by atoms with van der Waals surface area (Å²) in [6.45, 7) is 0.619. The Bertz CT molecular complexity index is 1420. The zero-order valence-corrected chi connectivity index (χ0v) is 27.5. The maximum absolute atomic E-state index is 12.9. The highest BCUT2D eigenvalue weighted by Crippen LogP contribution is 2.31. The first kappa shape index (κ1) is 38.9. The van der Waals surface area contributed by atoms with Crippen LogP contribution in [0.4, 0.5) is 0 Å². The summed E-state index contributed by atoms with van der Waals surface area (Å²) >= 11 is 0. The number of benzene rings is 2. The van der Waals surface area contributed by atoms with Crippen LogP contribution in [-0.2, 0) is 44.4 Å². The van der Waals surface area contributed by atoms with Gasteiger partial charge in [-0.25, -0.2) is 4.79 Å². The molecule has 51 heavy (non-hydrogen) atoms. The predicted octanol–water partition coefficient (Wildman–Crippen LogP) is -1.96. The zero-order valence-electron chi connectivity index (χ0n) is 27.5. The van der Waals surface area contributed by atoms with Crippen LogP contribution in [0.3, 0.4) is 0 Å². The lowest BCUT2D eigenvalue weighted by Crippen LogP contribution is -2.64. The quantitative estimate of drug-likeness (QED) is 0.0850. The molecule has 3 aliphatic rings. The average molecular weight is 725 g/mol. The summed E-state index contributed by atoms with van der Waals surface area (Å²) in [5, 5.41) is 92.6. The average Bonchev–Trinajstić information content (AvgIpc) is 3.11. The molecule has 3 heterocycles. The lowest BCUT2D eigenvalue weighted by Gasteiger charge is -2.46. The predicted molar refractivity (Wildman–Crippen MR) is 170 cm³/mol. The van der Waals surface area contributed by atoms with Gasteiger partial charge in [0.25, 0.3) is 0 Å². The van der Waals surface area contributed by atoms with Gasteiger partial charge in [0.1, 0.15) is 66.4 Å². The fraction of sp³-hybridized carbons (Fsp3) is 0.559. The first-order valence-electron chi connectivity index (χ1n) is 16.4. The molecule has 9 N–H and O–H groups in total. The number of carbonyl (C=O) groups is 1. The molecule has 2 aromatic carbocycles. The van der Waals surface area contributed by atoms with Crippen molar-refractivity contribution in [2.75, 3.05) is 19.8 Å². The highest BCUT2D eigenvalue weighted by atomic mass is 16.7. The van der Waals surface area contributed by atoms with Crippen LogP contribution in [0.2, 0.25) is 0 Å². The van der Waals surface area contributed by atoms with Crippen LogP contribution < -0.4 is 0 Å². The zero-order chi connectivity index (χ0) is 36.8. The summed E-state index contributed by atoms with van der Waals surface area (Å²) in [6, 6.07) is 12.4. The van der Waals surface area contributed by atoms with E-state index in [9.17, 15) is 50.8 Å². The van der Waals surface area contributed by atoms with Crippen molar-refractivity contribution in [1.29, 1.82) is 0 Å². The smallest absolute Gasteiger partial charge is 0.331 e. The van der Waals surface area contributed by atoms with Crippen LogP contribution in [0.25, 0.3) is 6.08 Å². The van der Waals surface area contributed by atoms with Crippen LogP contribution in [0.15, 0.2) is 54.6 Å². The molecule has 0 amide bonds. The van der Waals surface area contributed by atoms with E-state index in [0.717, 1.165) is 11.6 Å². The van der Waals surface area contributed by atoms with E-state index in [0.29, 0.717) is 12.0 Å². The van der Waals surface area contributed by atoms with E-state index in [1.54, 1.807) is 24.3 Å². The first-order chi connectivity index (χ1) is 24.3. The Kier molecular flexibility index (Phi) is 13.4. The van der Waals surface area contributed by atoms with Gasteiger partial charge in [-0.15, -0.1) is 0 Å². The minimum Gasteiger partial charge on any atom is -0.508 e. The van der Waals surface area contributed by atoms with Crippen LogP contribution in [-0.4, -0.2) is 158 Å². The molecule has 0 saturated carbocycles. The molecule has 3 saturated heterocycles. The second kappa shape index (κ2) is 17.5. The number of aliphatic hydroxyl groups is 7. The van der Waals surface area contributed by atoms with Gasteiger partial charge in [0, 0.05) is 6.08 Å². The van der Waals surface area contributed by atoms with Gasteiger partial charge < -0.3 is 79.1 Å². The molecule has 3 aliphatic heterocycles. The third kappa shape index (κ3) is 9.79. The molecule has 0 radical (unpaired) electrons. The van der Waals surface area contributed by atoms with Crippen molar-refractivity contribution in [3.63, 3.8) is 0 Å². The maximum Gasteiger partial charge on any atom is 0.331 e. The highest BCUT2D eigenvalue weighted by molar-refractivity contribution is 5.87. The molecule has 0 spiro atoms. The lowest BCUT2D eigenvalue weighted by molar-refractivity contribution is -0.354. The van der Waals surface area contributed by atoms with Crippen molar-refractivity contribution in [1.82, 2.24) is 0 Å². The van der Waals surface area contributed by atoms with E-state index >= 15 is 0 Å². The van der Waals surface area contributed by atoms with Gasteiger partial charge in [0.2, 0.25) is 0 Å². The number of hydrogen-bond acceptors (Lipinski definition) is 17. The first-order valence-corrected chi connectivity index (χ1v) is 16.4. The van der Waals surface area contributed by atoms with E-state index in [1.807, 2.05) is 0 Å². The number of phenolic OH excluding ortho intramolecular Hbond substituents is 2. The summed E-state index contributed by atoms with van der Waals surface area (Å²) < 4.78 is 39.7. The minimum atomic E-state index is -1.76. The molecule has 282 valence electrons. The molecule has 0 aromatic heterocycles. The number of hydrogen-bond donors (Lipinski definition) is 9. The minimum absolute atomic E-state index is 0.0341. The topological polar surface area (TPSA) is 264 Å². The Hall–Kier alpha value is -3.27. The number of ether oxygens (including phenoxy) is 7. The molecule has 17 heteroatoms. The molecule has 3 fully saturated rings. The van der Waals surface area contributed by atoms with Gasteiger partial charge in [-0.3, -0.25) is 0 Å². The summed E-state index contributed by atoms with van der Waals surface area (Å²) in [6.07, 6.45) is -18.3. The SMILES string of the molecule is CC1OC(OCC2OC(OCCc3ccc(O)cc3)C(O)C(O)C2O)C(O)C(OC2OCC(O)C(O)C2O)C1OC(=O)C=Cc1ccc(O)cc1. The number of carbonyl (C=O) groups excluding carboxylic acids is 1. The van der Waals surface area contributed by atoms with E-state index in [2.05, 4.69) is 0 Å². The van der Waals surface area contributed by atoms with Gasteiger partial charge in [-0.2, -0.15) is 0 Å². The fourth-order valence-corrected chi connectivity index (χ4v) is 5.76. The van der Waals surface area contributed by atoms with Gasteiger partial charge in [-0.1, -0.05) is 24.3 Å². The molecular weight excluding hydrogens is 680 g/mol. The van der Waals surface area contributed by atoms with Gasteiger partial charge >= 0.3 is 5.97 Å². The van der Waals surface area contributed by atoms with Crippen LogP contribution in [0.5, 0.6) is 11.5 Å². The van der Waals surface area contributed by atoms with Crippen LogP contribution in [0, 0.1) is 0 Å². The molecule has 0 bridgehead atoms. The van der Waals surface area contributed by atoms with E-state index in [1.165, 1.54) is 37.3 Å². The monoisotopic (exact) mass is 724 g/mol. The summed E-state index contributed by atoms with van der Waals surface area (Å²) in [5.41, 5.74) is 1.39. The van der Waals surface area contributed by atoms with Gasteiger partial charge in [0.15, 0.2) is 25.0 Å². The third-order valence-electron chi connectivity index (χ3n) is 8.76. The van der Waals surface area contributed by atoms with E-state index < -0.39 is 105 Å². The molecule has 14 unspecified atom stereocenters. The molecule has 2 aromatic rings. The largest absolute Gasteiger partial charge is 0.508 e. The van der Waals surface area contributed by atoms with Gasteiger partial charge in [-0.05, 0) is 54.8 Å². The van der Waals surface area contributed by atoms with E-state index in [-0.39, 0.29) is 18.1 Å². The number of aliphatic hydroxyl groups excluding tert-OH is 7. The van der Waals surface area contributed by atoms with Crippen molar-refractivity contribution in [2.24, 2.45) is 0 Å². The van der Waals surface area contributed by atoms with Crippen LogP contribution >= 0.6 is 0 Å². The molecule has 14 atom stereocenters. The lowest BCUT2D eigenvalue weighted by atomic mass is 9.98. The van der Waals surface area contributed by atoms with Crippen molar-refractivity contribution in [3.05, 3.63) is 65.7 Å². The summed E-state index contributed by atoms with van der Waals surface area (Å²) in [4.78, 5) is 12.9.